The fraction of sp³-hybridized carbons (Fsp3) is 0.600. The average molecular weight is 250 g/mol. The summed E-state index contributed by atoms with van der Waals surface area (Å²) in [5, 5.41) is 9.99. The van der Waals surface area contributed by atoms with Gasteiger partial charge in [-0.3, -0.25) is 0 Å². The lowest BCUT2D eigenvalue weighted by atomic mass is 10.1. The van der Waals surface area contributed by atoms with Gasteiger partial charge < -0.3 is 14.7 Å². The molecule has 0 saturated carbocycles. The highest BCUT2D eigenvalue weighted by atomic mass is 16.5. The number of quaternary nitrogens is 1. The number of hydrogen-bond acceptors (Lipinski definition) is 2. The number of likely N-dealkylation sites (tertiary alicyclic amines) is 1. The summed E-state index contributed by atoms with van der Waals surface area (Å²) >= 11 is 0. The van der Waals surface area contributed by atoms with Crippen molar-refractivity contribution in [2.45, 2.75) is 32.8 Å². The predicted molar refractivity (Wildman–Crippen MR) is 72.2 cm³/mol. The third-order valence-electron chi connectivity index (χ3n) is 3.82. The molecule has 100 valence electrons. The molecule has 0 aliphatic carbocycles. The molecular formula is C15H24NO2+. The van der Waals surface area contributed by atoms with Gasteiger partial charge in [0.2, 0.25) is 0 Å². The van der Waals surface area contributed by atoms with Crippen LogP contribution in [0.3, 0.4) is 0 Å². The predicted octanol–water partition coefficient (Wildman–Crippen LogP) is 0.722. The van der Waals surface area contributed by atoms with Gasteiger partial charge in [-0.2, -0.15) is 0 Å². The molecule has 0 aromatic heterocycles. The smallest absolute Gasteiger partial charge is 0.137 e. The number of hydrogen-bond donors (Lipinski definition) is 2. The van der Waals surface area contributed by atoms with E-state index < -0.39 is 0 Å². The van der Waals surface area contributed by atoms with Crippen LogP contribution in [-0.2, 0) is 0 Å². The molecule has 1 atom stereocenters. The van der Waals surface area contributed by atoms with Crippen LogP contribution in [0.25, 0.3) is 0 Å². The third-order valence-corrected chi connectivity index (χ3v) is 3.82. The minimum Gasteiger partial charge on any atom is -0.490 e. The van der Waals surface area contributed by atoms with Gasteiger partial charge >= 0.3 is 0 Å². The Hall–Kier alpha value is -1.06. The van der Waals surface area contributed by atoms with Gasteiger partial charge in [-0.05, 0) is 31.0 Å². The molecule has 0 bridgehead atoms. The maximum absolute atomic E-state index is 9.99. The SMILES string of the molecule is Cc1cccc(OC[C@H](O)C[NH+]2CCCC2)c1C. The molecule has 1 aromatic rings. The van der Waals surface area contributed by atoms with E-state index in [1.165, 1.54) is 42.0 Å². The Morgan fingerprint density at radius 3 is 2.72 bits per heavy atom. The summed E-state index contributed by atoms with van der Waals surface area (Å²) in [7, 11) is 0. The zero-order valence-electron chi connectivity index (χ0n) is 11.4. The van der Waals surface area contributed by atoms with E-state index >= 15 is 0 Å². The first-order valence-corrected chi connectivity index (χ1v) is 6.87. The zero-order chi connectivity index (χ0) is 13.0. The molecule has 1 aliphatic rings. The van der Waals surface area contributed by atoms with Gasteiger partial charge in [-0.25, -0.2) is 0 Å². The van der Waals surface area contributed by atoms with Gasteiger partial charge in [0, 0.05) is 12.8 Å². The zero-order valence-corrected chi connectivity index (χ0v) is 11.4. The number of benzene rings is 1. The number of ether oxygens (including phenoxy) is 1. The summed E-state index contributed by atoms with van der Waals surface area (Å²) < 4.78 is 5.73. The summed E-state index contributed by atoms with van der Waals surface area (Å²) in [5.41, 5.74) is 2.39. The highest BCUT2D eigenvalue weighted by molar-refractivity contribution is 5.38. The van der Waals surface area contributed by atoms with Crippen LogP contribution in [-0.4, -0.2) is 37.5 Å². The summed E-state index contributed by atoms with van der Waals surface area (Å²) in [6, 6.07) is 6.04. The second-order valence-electron chi connectivity index (χ2n) is 5.32. The van der Waals surface area contributed by atoms with E-state index in [0.717, 1.165) is 12.3 Å². The van der Waals surface area contributed by atoms with Crippen LogP contribution < -0.4 is 9.64 Å². The van der Waals surface area contributed by atoms with Crippen LogP contribution in [0.2, 0.25) is 0 Å². The summed E-state index contributed by atoms with van der Waals surface area (Å²) in [5.74, 6) is 0.894. The molecule has 2 rings (SSSR count). The van der Waals surface area contributed by atoms with Crippen LogP contribution in [0.5, 0.6) is 5.75 Å². The Balaban J connectivity index is 1.81. The Morgan fingerprint density at radius 1 is 1.28 bits per heavy atom. The normalized spacial score (nSPS) is 17.9. The van der Waals surface area contributed by atoms with Crippen LogP contribution in [0.15, 0.2) is 18.2 Å². The molecule has 3 nitrogen and oxygen atoms in total. The van der Waals surface area contributed by atoms with Crippen molar-refractivity contribution in [3.8, 4) is 5.75 Å². The maximum atomic E-state index is 9.99. The number of aliphatic hydroxyl groups excluding tert-OH is 1. The van der Waals surface area contributed by atoms with Crippen LogP contribution >= 0.6 is 0 Å². The molecular weight excluding hydrogens is 226 g/mol. The Kier molecular flexibility index (Phi) is 4.61. The van der Waals surface area contributed by atoms with E-state index in [0.29, 0.717) is 6.61 Å². The first-order valence-electron chi connectivity index (χ1n) is 6.87. The summed E-state index contributed by atoms with van der Waals surface area (Å²) in [6.07, 6.45) is 2.22. The van der Waals surface area contributed by atoms with E-state index in [4.69, 9.17) is 4.74 Å². The molecule has 2 N–H and O–H groups in total. The number of rotatable bonds is 5. The van der Waals surface area contributed by atoms with Crippen molar-refractivity contribution in [1.29, 1.82) is 0 Å². The molecule has 0 radical (unpaired) electrons. The van der Waals surface area contributed by atoms with Gasteiger partial charge in [0.25, 0.3) is 0 Å². The molecule has 1 heterocycles. The molecule has 3 heteroatoms. The molecule has 1 saturated heterocycles. The Labute approximate surface area is 109 Å². The van der Waals surface area contributed by atoms with Gasteiger partial charge in [0.15, 0.2) is 0 Å². The molecule has 1 fully saturated rings. The van der Waals surface area contributed by atoms with E-state index in [1.54, 1.807) is 0 Å². The second kappa shape index (κ2) is 6.21. The number of nitrogens with one attached hydrogen (secondary N) is 1. The van der Waals surface area contributed by atoms with E-state index in [1.807, 2.05) is 12.1 Å². The average Bonchev–Trinajstić information content (AvgIpc) is 2.84. The van der Waals surface area contributed by atoms with Crippen LogP contribution in [0.4, 0.5) is 0 Å². The lowest BCUT2D eigenvalue weighted by Crippen LogP contribution is -3.11. The van der Waals surface area contributed by atoms with Crippen molar-refractivity contribution < 1.29 is 14.7 Å². The topological polar surface area (TPSA) is 33.9 Å². The highest BCUT2D eigenvalue weighted by Gasteiger charge is 2.19. The molecule has 18 heavy (non-hydrogen) atoms. The van der Waals surface area contributed by atoms with Gasteiger partial charge in [-0.1, -0.05) is 12.1 Å². The Morgan fingerprint density at radius 2 is 2.00 bits per heavy atom. The quantitative estimate of drug-likeness (QED) is 0.807. The largest absolute Gasteiger partial charge is 0.490 e. The van der Waals surface area contributed by atoms with Gasteiger partial charge in [-0.15, -0.1) is 0 Å². The van der Waals surface area contributed by atoms with E-state index in [2.05, 4.69) is 19.9 Å². The standard InChI is InChI=1S/C15H23NO2/c1-12-6-5-7-15(13(12)2)18-11-14(17)10-16-8-3-4-9-16/h5-7,14,17H,3-4,8-11H2,1-2H3/p+1/t14-/m1/s1. The lowest BCUT2D eigenvalue weighted by molar-refractivity contribution is -0.890. The van der Waals surface area contributed by atoms with Gasteiger partial charge in [0.05, 0.1) is 13.1 Å². The maximum Gasteiger partial charge on any atom is 0.137 e. The Bertz CT molecular complexity index is 386. The lowest BCUT2D eigenvalue weighted by Gasteiger charge is -2.18. The molecule has 0 amide bonds. The van der Waals surface area contributed by atoms with Crippen molar-refractivity contribution in [1.82, 2.24) is 0 Å². The van der Waals surface area contributed by atoms with Crippen LogP contribution in [0, 0.1) is 13.8 Å². The molecule has 1 aliphatic heterocycles. The molecule has 0 spiro atoms. The fourth-order valence-corrected chi connectivity index (χ4v) is 2.54. The van der Waals surface area contributed by atoms with Crippen LogP contribution in [0.1, 0.15) is 24.0 Å². The molecule has 1 aromatic carbocycles. The van der Waals surface area contributed by atoms with Crippen molar-refractivity contribution in [2.75, 3.05) is 26.2 Å². The van der Waals surface area contributed by atoms with Gasteiger partial charge in [0.1, 0.15) is 25.0 Å². The van der Waals surface area contributed by atoms with Crippen molar-refractivity contribution in [3.63, 3.8) is 0 Å². The first-order chi connectivity index (χ1) is 8.66. The highest BCUT2D eigenvalue weighted by Crippen LogP contribution is 2.20. The second-order valence-corrected chi connectivity index (χ2v) is 5.32. The minimum absolute atomic E-state index is 0.363. The fourth-order valence-electron chi connectivity index (χ4n) is 2.54. The summed E-state index contributed by atoms with van der Waals surface area (Å²) in [6.45, 7) is 7.73. The van der Waals surface area contributed by atoms with Crippen molar-refractivity contribution in [3.05, 3.63) is 29.3 Å². The number of aryl methyl sites for hydroxylation is 1. The minimum atomic E-state index is -0.363. The third kappa shape index (κ3) is 3.47. The summed E-state index contributed by atoms with van der Waals surface area (Å²) in [4.78, 5) is 1.51. The number of aliphatic hydroxyl groups is 1. The molecule has 0 unspecified atom stereocenters. The monoisotopic (exact) mass is 250 g/mol. The van der Waals surface area contributed by atoms with Crippen molar-refractivity contribution in [2.24, 2.45) is 0 Å². The van der Waals surface area contributed by atoms with E-state index in [9.17, 15) is 5.11 Å². The van der Waals surface area contributed by atoms with Crippen molar-refractivity contribution >= 4 is 0 Å². The van der Waals surface area contributed by atoms with E-state index in [-0.39, 0.29) is 6.10 Å². The first kappa shape index (κ1) is 13.4.